The molecular formula is C14H14N2O5. The normalized spacial score (nSPS) is 16.5. The minimum Gasteiger partial charge on any atom is -0.493 e. The van der Waals surface area contributed by atoms with E-state index in [0.29, 0.717) is 33.9 Å². The Morgan fingerprint density at radius 1 is 1.14 bits per heavy atom. The van der Waals surface area contributed by atoms with Crippen LogP contribution in [0.1, 0.15) is 33.3 Å². The maximum absolute atomic E-state index is 12.2. The van der Waals surface area contributed by atoms with Gasteiger partial charge in [0.2, 0.25) is 0 Å². The van der Waals surface area contributed by atoms with Crippen LogP contribution in [-0.2, 0) is 4.74 Å². The second kappa shape index (κ2) is 4.69. The van der Waals surface area contributed by atoms with Gasteiger partial charge in [-0.1, -0.05) is 6.07 Å². The summed E-state index contributed by atoms with van der Waals surface area (Å²) in [4.78, 5) is 24.0. The van der Waals surface area contributed by atoms with Crippen LogP contribution < -0.4 is 15.0 Å². The van der Waals surface area contributed by atoms with Gasteiger partial charge in [-0.05, 0) is 13.0 Å². The van der Waals surface area contributed by atoms with Gasteiger partial charge in [-0.2, -0.15) is 0 Å². The second-order valence-electron chi connectivity index (χ2n) is 4.67. The van der Waals surface area contributed by atoms with Gasteiger partial charge in [-0.15, -0.1) is 0 Å². The highest BCUT2D eigenvalue weighted by Gasteiger charge is 2.39. The lowest BCUT2D eigenvalue weighted by Crippen LogP contribution is -2.13. The van der Waals surface area contributed by atoms with E-state index in [9.17, 15) is 9.59 Å². The highest BCUT2D eigenvalue weighted by atomic mass is 16.6. The Balaban J connectivity index is 2.22. The first-order valence-corrected chi connectivity index (χ1v) is 6.31. The molecule has 21 heavy (non-hydrogen) atoms. The highest BCUT2D eigenvalue weighted by Crippen LogP contribution is 2.43. The Morgan fingerprint density at radius 3 is 2.48 bits per heavy atom. The lowest BCUT2D eigenvalue weighted by atomic mass is 9.98. The van der Waals surface area contributed by atoms with E-state index in [1.54, 1.807) is 19.1 Å². The Morgan fingerprint density at radius 2 is 1.90 bits per heavy atom. The predicted molar refractivity (Wildman–Crippen MR) is 73.0 cm³/mol. The number of nitrogens with one attached hydrogen (secondary N) is 2. The van der Waals surface area contributed by atoms with Crippen LogP contribution in [0.15, 0.2) is 16.9 Å². The molecule has 0 saturated carbocycles. The van der Waals surface area contributed by atoms with Gasteiger partial charge in [0.1, 0.15) is 5.56 Å². The zero-order chi connectivity index (χ0) is 15.1. The number of benzene rings is 1. The molecule has 1 aliphatic rings. The molecule has 1 atom stereocenters. The van der Waals surface area contributed by atoms with Crippen molar-refractivity contribution >= 4 is 5.97 Å². The van der Waals surface area contributed by atoms with Crippen molar-refractivity contribution in [2.75, 3.05) is 14.2 Å². The van der Waals surface area contributed by atoms with Crippen LogP contribution in [0.25, 0.3) is 0 Å². The molecule has 2 aromatic rings. The summed E-state index contributed by atoms with van der Waals surface area (Å²) in [6, 6.07) is 3.39. The lowest BCUT2D eigenvalue weighted by molar-refractivity contribution is 0.0451. The first-order valence-electron chi connectivity index (χ1n) is 6.31. The molecule has 7 nitrogen and oxygen atoms in total. The first-order chi connectivity index (χ1) is 10.1. The average Bonchev–Trinajstić information content (AvgIpc) is 2.98. The van der Waals surface area contributed by atoms with E-state index in [-0.39, 0.29) is 5.56 Å². The molecule has 1 aliphatic heterocycles. The maximum Gasteiger partial charge on any atom is 0.343 e. The standard InChI is InChI=1S/C14H14N2O5/c1-6-9(13(17)16-15-6)11-7-4-5-8(19-2)12(20-3)10(7)14(18)21-11/h4-5,11H,1-3H3,(H2,15,16,17)/t11-/m1/s1. The molecule has 2 heterocycles. The average molecular weight is 290 g/mol. The molecule has 2 N–H and O–H groups in total. The van der Waals surface area contributed by atoms with Gasteiger partial charge in [0.15, 0.2) is 17.6 Å². The number of carbonyl (C=O) groups is 1. The van der Waals surface area contributed by atoms with Gasteiger partial charge < -0.3 is 19.3 Å². The fourth-order valence-electron chi connectivity index (χ4n) is 2.59. The number of fused-ring (bicyclic) bond motifs is 1. The number of hydrogen-bond donors (Lipinski definition) is 2. The number of aromatic nitrogens is 2. The van der Waals surface area contributed by atoms with Crippen LogP contribution in [0.2, 0.25) is 0 Å². The van der Waals surface area contributed by atoms with Crippen molar-refractivity contribution in [1.82, 2.24) is 10.2 Å². The van der Waals surface area contributed by atoms with Gasteiger partial charge in [0, 0.05) is 11.3 Å². The molecule has 7 heteroatoms. The quantitative estimate of drug-likeness (QED) is 0.831. The molecule has 0 amide bonds. The monoisotopic (exact) mass is 290 g/mol. The van der Waals surface area contributed by atoms with E-state index < -0.39 is 12.1 Å². The summed E-state index contributed by atoms with van der Waals surface area (Å²) in [5, 5.41) is 5.21. The van der Waals surface area contributed by atoms with Crippen molar-refractivity contribution in [2.24, 2.45) is 0 Å². The molecule has 0 spiro atoms. The zero-order valence-corrected chi connectivity index (χ0v) is 11.8. The highest BCUT2D eigenvalue weighted by molar-refractivity contribution is 5.98. The molecule has 0 aliphatic carbocycles. The summed E-state index contributed by atoms with van der Waals surface area (Å²) in [7, 11) is 2.94. The molecule has 3 rings (SSSR count). The number of rotatable bonds is 3. The molecule has 0 bridgehead atoms. The van der Waals surface area contributed by atoms with Crippen LogP contribution in [0.3, 0.4) is 0 Å². The van der Waals surface area contributed by atoms with Gasteiger partial charge in [0.05, 0.1) is 19.8 Å². The summed E-state index contributed by atoms with van der Waals surface area (Å²) >= 11 is 0. The van der Waals surface area contributed by atoms with Crippen molar-refractivity contribution in [3.05, 3.63) is 44.9 Å². The summed E-state index contributed by atoms with van der Waals surface area (Å²) < 4.78 is 15.8. The van der Waals surface area contributed by atoms with Crippen molar-refractivity contribution < 1.29 is 19.0 Å². The van der Waals surface area contributed by atoms with Gasteiger partial charge in [-0.25, -0.2) is 4.79 Å². The summed E-state index contributed by atoms with van der Waals surface area (Å²) in [6.45, 7) is 1.74. The third-order valence-corrected chi connectivity index (χ3v) is 3.56. The number of methoxy groups -OCH3 is 2. The van der Waals surface area contributed by atoms with Gasteiger partial charge in [-0.3, -0.25) is 9.89 Å². The Kier molecular flexibility index (Phi) is 2.97. The number of hydrogen-bond acceptors (Lipinski definition) is 5. The molecular weight excluding hydrogens is 276 g/mol. The molecule has 0 radical (unpaired) electrons. The molecule has 1 aromatic heterocycles. The first kappa shape index (κ1) is 13.3. The van der Waals surface area contributed by atoms with Crippen LogP contribution in [-0.4, -0.2) is 30.4 Å². The third kappa shape index (κ3) is 1.81. The molecule has 0 fully saturated rings. The summed E-state index contributed by atoms with van der Waals surface area (Å²) in [6.07, 6.45) is -0.748. The minimum atomic E-state index is -0.748. The number of aryl methyl sites for hydroxylation is 1. The summed E-state index contributed by atoms with van der Waals surface area (Å²) in [5.41, 5.74) is 1.58. The zero-order valence-electron chi connectivity index (χ0n) is 11.8. The Hall–Kier alpha value is -2.70. The molecule has 0 unspecified atom stereocenters. The van der Waals surface area contributed by atoms with E-state index in [1.165, 1.54) is 14.2 Å². The number of aromatic amines is 2. The third-order valence-electron chi connectivity index (χ3n) is 3.56. The number of cyclic esters (lactones) is 1. The number of carbonyl (C=O) groups excluding carboxylic acids is 1. The summed E-state index contributed by atoms with van der Waals surface area (Å²) in [5.74, 6) is 0.214. The number of H-pyrrole nitrogens is 2. The molecule has 1 aromatic carbocycles. The SMILES string of the molecule is COc1ccc2c(c1OC)C(=O)O[C@H]2c1c(C)[nH][nH]c1=O. The topological polar surface area (TPSA) is 93.4 Å². The van der Waals surface area contributed by atoms with Crippen molar-refractivity contribution in [2.45, 2.75) is 13.0 Å². The van der Waals surface area contributed by atoms with E-state index in [4.69, 9.17) is 14.2 Å². The maximum atomic E-state index is 12.2. The van der Waals surface area contributed by atoms with Crippen LogP contribution >= 0.6 is 0 Å². The van der Waals surface area contributed by atoms with Crippen LogP contribution in [0.4, 0.5) is 0 Å². The molecule has 0 saturated heterocycles. The van der Waals surface area contributed by atoms with E-state index in [1.807, 2.05) is 0 Å². The fraction of sp³-hybridized carbons (Fsp3) is 0.286. The second-order valence-corrected chi connectivity index (χ2v) is 4.67. The number of esters is 1. The van der Waals surface area contributed by atoms with Crippen molar-refractivity contribution in [1.29, 1.82) is 0 Å². The number of ether oxygens (including phenoxy) is 3. The fourth-order valence-corrected chi connectivity index (χ4v) is 2.59. The predicted octanol–water partition coefficient (Wildman–Crippen LogP) is 1.29. The van der Waals surface area contributed by atoms with E-state index in [2.05, 4.69) is 10.2 Å². The van der Waals surface area contributed by atoms with Gasteiger partial charge in [0.25, 0.3) is 5.56 Å². The molecule has 110 valence electrons. The smallest absolute Gasteiger partial charge is 0.343 e. The van der Waals surface area contributed by atoms with Crippen molar-refractivity contribution in [3.8, 4) is 11.5 Å². The van der Waals surface area contributed by atoms with E-state index in [0.717, 1.165) is 0 Å². The van der Waals surface area contributed by atoms with Crippen LogP contribution in [0.5, 0.6) is 11.5 Å². The van der Waals surface area contributed by atoms with Gasteiger partial charge >= 0.3 is 5.97 Å². The van der Waals surface area contributed by atoms with Crippen LogP contribution in [0, 0.1) is 6.92 Å². The minimum absolute atomic E-state index is 0.293. The lowest BCUT2D eigenvalue weighted by Gasteiger charge is -2.11. The largest absolute Gasteiger partial charge is 0.493 e. The van der Waals surface area contributed by atoms with E-state index >= 15 is 0 Å². The Bertz CT molecular complexity index is 774. The van der Waals surface area contributed by atoms with Crippen molar-refractivity contribution in [3.63, 3.8) is 0 Å². The Labute approximate surface area is 119 Å².